The average molecular weight is 282 g/mol. The number of aromatic nitrogens is 1. The summed E-state index contributed by atoms with van der Waals surface area (Å²) in [5, 5.41) is 6.26. The molecule has 0 saturated heterocycles. The van der Waals surface area contributed by atoms with Crippen molar-refractivity contribution in [3.8, 4) is 0 Å². The third kappa shape index (κ3) is 3.83. The Bertz CT molecular complexity index is 444. The highest BCUT2D eigenvalue weighted by Crippen LogP contribution is 2.27. The highest BCUT2D eigenvalue weighted by atomic mass is 35.5. The summed E-state index contributed by atoms with van der Waals surface area (Å²) < 4.78 is 0. The standard InChI is InChI=1S/C14H20ClN3O/c1-16-13-12(15)8-11(9-18-13)14(19)17-7-6-10-4-2-3-5-10/h8-10H,2-7H2,1H3,(H,16,18)(H,17,19). The summed E-state index contributed by atoms with van der Waals surface area (Å²) in [7, 11) is 1.75. The van der Waals surface area contributed by atoms with Crippen LogP contribution in [0.1, 0.15) is 42.5 Å². The molecule has 5 heteroatoms. The minimum Gasteiger partial charge on any atom is -0.372 e. The van der Waals surface area contributed by atoms with Crippen LogP contribution in [0, 0.1) is 5.92 Å². The molecule has 0 aromatic carbocycles. The third-order valence-electron chi connectivity index (χ3n) is 3.65. The first-order valence-corrected chi connectivity index (χ1v) is 7.20. The van der Waals surface area contributed by atoms with Gasteiger partial charge in [0, 0.05) is 19.8 Å². The van der Waals surface area contributed by atoms with Gasteiger partial charge in [0.25, 0.3) is 5.91 Å². The SMILES string of the molecule is CNc1ncc(C(=O)NCCC2CCCC2)cc1Cl. The summed E-state index contributed by atoms with van der Waals surface area (Å²) in [5.41, 5.74) is 0.510. The lowest BCUT2D eigenvalue weighted by Crippen LogP contribution is -2.25. The Morgan fingerprint density at radius 1 is 1.47 bits per heavy atom. The molecule has 1 aromatic heterocycles. The molecule has 0 bridgehead atoms. The molecule has 1 heterocycles. The molecule has 0 spiro atoms. The quantitative estimate of drug-likeness (QED) is 0.872. The van der Waals surface area contributed by atoms with Gasteiger partial charge in [-0.2, -0.15) is 0 Å². The van der Waals surface area contributed by atoms with E-state index in [4.69, 9.17) is 11.6 Å². The van der Waals surface area contributed by atoms with Crippen molar-refractivity contribution in [1.29, 1.82) is 0 Å². The van der Waals surface area contributed by atoms with Gasteiger partial charge in [-0.25, -0.2) is 4.98 Å². The fraction of sp³-hybridized carbons (Fsp3) is 0.571. The number of pyridine rings is 1. The summed E-state index contributed by atoms with van der Waals surface area (Å²) in [4.78, 5) is 16.0. The van der Waals surface area contributed by atoms with E-state index in [1.807, 2.05) is 0 Å². The normalized spacial score (nSPS) is 15.5. The second-order valence-electron chi connectivity index (χ2n) is 5.00. The lowest BCUT2D eigenvalue weighted by atomic mass is 10.0. The van der Waals surface area contributed by atoms with Gasteiger partial charge in [-0.05, 0) is 18.4 Å². The van der Waals surface area contributed by atoms with Crippen LogP contribution >= 0.6 is 11.6 Å². The summed E-state index contributed by atoms with van der Waals surface area (Å²) in [6.07, 6.45) is 7.90. The Balaban J connectivity index is 1.83. The van der Waals surface area contributed by atoms with Crippen LogP contribution in [0.5, 0.6) is 0 Å². The molecule has 1 saturated carbocycles. The van der Waals surface area contributed by atoms with Crippen LogP contribution in [0.3, 0.4) is 0 Å². The lowest BCUT2D eigenvalue weighted by Gasteiger charge is -2.10. The van der Waals surface area contributed by atoms with E-state index in [-0.39, 0.29) is 5.91 Å². The van der Waals surface area contributed by atoms with Crippen molar-refractivity contribution in [2.75, 3.05) is 18.9 Å². The van der Waals surface area contributed by atoms with Crippen molar-refractivity contribution in [2.45, 2.75) is 32.1 Å². The topological polar surface area (TPSA) is 54.0 Å². The Hall–Kier alpha value is -1.29. The maximum atomic E-state index is 11.9. The third-order valence-corrected chi connectivity index (χ3v) is 3.94. The number of hydrogen-bond acceptors (Lipinski definition) is 3. The Labute approximate surface area is 118 Å². The lowest BCUT2D eigenvalue weighted by molar-refractivity contribution is 0.0951. The van der Waals surface area contributed by atoms with Crippen LogP contribution in [-0.4, -0.2) is 24.5 Å². The zero-order valence-electron chi connectivity index (χ0n) is 11.2. The van der Waals surface area contributed by atoms with Crippen LogP contribution in [-0.2, 0) is 0 Å². The number of rotatable bonds is 5. The van der Waals surface area contributed by atoms with E-state index >= 15 is 0 Å². The number of nitrogens with one attached hydrogen (secondary N) is 2. The molecule has 1 aliphatic rings. The van der Waals surface area contributed by atoms with Crippen molar-refractivity contribution in [3.05, 3.63) is 22.8 Å². The minimum atomic E-state index is -0.102. The number of anilines is 1. The van der Waals surface area contributed by atoms with E-state index in [1.54, 1.807) is 19.3 Å². The molecule has 104 valence electrons. The molecular weight excluding hydrogens is 262 g/mol. The summed E-state index contributed by atoms with van der Waals surface area (Å²) in [6, 6.07) is 1.64. The molecule has 2 N–H and O–H groups in total. The molecule has 1 aromatic rings. The maximum Gasteiger partial charge on any atom is 0.252 e. The molecule has 4 nitrogen and oxygen atoms in total. The van der Waals surface area contributed by atoms with Crippen LogP contribution < -0.4 is 10.6 Å². The molecule has 1 fully saturated rings. The van der Waals surface area contributed by atoms with Crippen LogP contribution in [0.4, 0.5) is 5.82 Å². The highest BCUT2D eigenvalue weighted by Gasteiger charge is 2.15. The van der Waals surface area contributed by atoms with E-state index in [0.717, 1.165) is 18.9 Å². The van der Waals surface area contributed by atoms with Crippen molar-refractivity contribution in [3.63, 3.8) is 0 Å². The summed E-state index contributed by atoms with van der Waals surface area (Å²) >= 11 is 6.01. The van der Waals surface area contributed by atoms with Crippen LogP contribution in [0.15, 0.2) is 12.3 Å². The fourth-order valence-corrected chi connectivity index (χ4v) is 2.80. The predicted molar refractivity (Wildman–Crippen MR) is 77.7 cm³/mol. The first-order chi connectivity index (χ1) is 9.20. The van der Waals surface area contributed by atoms with E-state index in [9.17, 15) is 4.79 Å². The maximum absolute atomic E-state index is 11.9. The number of carbonyl (C=O) groups is 1. The Morgan fingerprint density at radius 3 is 2.84 bits per heavy atom. The van der Waals surface area contributed by atoms with Crippen molar-refractivity contribution in [1.82, 2.24) is 10.3 Å². The molecule has 0 aliphatic heterocycles. The number of halogens is 1. The monoisotopic (exact) mass is 281 g/mol. The number of nitrogens with zero attached hydrogens (tertiary/aromatic N) is 1. The molecule has 0 radical (unpaired) electrons. The van der Waals surface area contributed by atoms with Gasteiger partial charge in [-0.15, -0.1) is 0 Å². The zero-order chi connectivity index (χ0) is 13.7. The van der Waals surface area contributed by atoms with Crippen LogP contribution in [0.2, 0.25) is 5.02 Å². The van der Waals surface area contributed by atoms with Gasteiger partial charge in [-0.3, -0.25) is 4.79 Å². The molecule has 0 unspecified atom stereocenters. The van der Waals surface area contributed by atoms with Crippen molar-refractivity contribution >= 4 is 23.3 Å². The first kappa shape index (κ1) is 14.1. The van der Waals surface area contributed by atoms with E-state index < -0.39 is 0 Å². The van der Waals surface area contributed by atoms with Gasteiger partial charge in [0.1, 0.15) is 5.82 Å². The van der Waals surface area contributed by atoms with Gasteiger partial charge in [0.05, 0.1) is 10.6 Å². The van der Waals surface area contributed by atoms with Gasteiger partial charge < -0.3 is 10.6 Å². The molecular formula is C14H20ClN3O. The van der Waals surface area contributed by atoms with Gasteiger partial charge >= 0.3 is 0 Å². The van der Waals surface area contributed by atoms with E-state index in [2.05, 4.69) is 15.6 Å². The molecule has 0 atom stereocenters. The summed E-state index contributed by atoms with van der Waals surface area (Å²) in [5.74, 6) is 1.27. The molecule has 19 heavy (non-hydrogen) atoms. The highest BCUT2D eigenvalue weighted by molar-refractivity contribution is 6.33. The van der Waals surface area contributed by atoms with Gasteiger partial charge in [-0.1, -0.05) is 37.3 Å². The first-order valence-electron chi connectivity index (χ1n) is 6.82. The van der Waals surface area contributed by atoms with Crippen LogP contribution in [0.25, 0.3) is 0 Å². The zero-order valence-corrected chi connectivity index (χ0v) is 12.0. The Kier molecular flexibility index (Phi) is 5.02. The molecule has 2 rings (SSSR count). The second-order valence-corrected chi connectivity index (χ2v) is 5.41. The number of carbonyl (C=O) groups excluding carboxylic acids is 1. The van der Waals surface area contributed by atoms with Crippen molar-refractivity contribution in [2.24, 2.45) is 5.92 Å². The molecule has 1 amide bonds. The van der Waals surface area contributed by atoms with Crippen molar-refractivity contribution < 1.29 is 4.79 Å². The van der Waals surface area contributed by atoms with Gasteiger partial charge in [0.15, 0.2) is 0 Å². The van der Waals surface area contributed by atoms with E-state index in [0.29, 0.717) is 16.4 Å². The minimum absolute atomic E-state index is 0.102. The average Bonchev–Trinajstić information content (AvgIpc) is 2.91. The smallest absolute Gasteiger partial charge is 0.252 e. The number of amides is 1. The fourth-order valence-electron chi connectivity index (χ4n) is 2.54. The second kappa shape index (κ2) is 6.75. The molecule has 1 aliphatic carbocycles. The number of hydrogen-bond donors (Lipinski definition) is 2. The summed E-state index contributed by atoms with van der Waals surface area (Å²) in [6.45, 7) is 0.731. The van der Waals surface area contributed by atoms with Gasteiger partial charge in [0.2, 0.25) is 0 Å². The van der Waals surface area contributed by atoms with E-state index in [1.165, 1.54) is 25.7 Å². The largest absolute Gasteiger partial charge is 0.372 e. The Morgan fingerprint density at radius 2 is 2.21 bits per heavy atom. The predicted octanol–water partition coefficient (Wildman–Crippen LogP) is 3.09.